The van der Waals surface area contributed by atoms with E-state index >= 15 is 0 Å². The molecule has 2 atom stereocenters. The number of carbonyl (C=O) groups is 3. The van der Waals surface area contributed by atoms with Crippen molar-refractivity contribution in [3.8, 4) is 5.69 Å². The lowest BCUT2D eigenvalue weighted by molar-refractivity contribution is -0.175. The van der Waals surface area contributed by atoms with Crippen molar-refractivity contribution in [2.45, 2.75) is 69.3 Å². The maximum atomic E-state index is 13.8. The van der Waals surface area contributed by atoms with Crippen molar-refractivity contribution in [2.75, 3.05) is 85.0 Å². The number of pyridine rings is 2. The van der Waals surface area contributed by atoms with Crippen LogP contribution in [-0.4, -0.2) is 118 Å². The van der Waals surface area contributed by atoms with Crippen LogP contribution < -0.4 is 10.9 Å². The van der Waals surface area contributed by atoms with Gasteiger partial charge in [-0.05, 0) is 43.9 Å². The zero-order valence-electron chi connectivity index (χ0n) is 33.0. The number of amides is 1. The second-order valence-corrected chi connectivity index (χ2v) is 16.7. The van der Waals surface area contributed by atoms with Gasteiger partial charge in [-0.25, -0.2) is 9.59 Å². The Balaban J connectivity index is 0.775. The van der Waals surface area contributed by atoms with Crippen molar-refractivity contribution in [2.24, 2.45) is 0 Å². The molecule has 6 rings (SSSR count). The number of unbranched alkanes of at least 4 members (excludes halogenated alkanes) is 1. The van der Waals surface area contributed by atoms with E-state index in [9.17, 15) is 19.2 Å². The highest BCUT2D eigenvalue weighted by atomic mass is 33.1. The molecule has 0 bridgehead atoms. The average molecular weight is 844 g/mol. The SMILES string of the molecule is CCC1(OC(=O)OCCOCCOCCOCCOCCOCCNC(=O)CCCCC2CCSS2)C(=O)OCc2c1cc1n(c2=O)-c2cc3ccccc3nc2C1. The summed E-state index contributed by atoms with van der Waals surface area (Å²) >= 11 is 0. The number of aromatic nitrogens is 2. The molecular weight excluding hydrogens is 791 g/mol. The smallest absolute Gasteiger partial charge is 0.457 e. The van der Waals surface area contributed by atoms with E-state index in [2.05, 4.69) is 5.32 Å². The summed E-state index contributed by atoms with van der Waals surface area (Å²) < 4.78 is 45.4. The highest BCUT2D eigenvalue weighted by Crippen LogP contribution is 2.41. The molecule has 1 fully saturated rings. The Kier molecular flexibility index (Phi) is 17.1. The minimum Gasteiger partial charge on any atom is -0.457 e. The molecule has 0 spiro atoms. The van der Waals surface area contributed by atoms with Gasteiger partial charge < -0.3 is 43.2 Å². The molecule has 3 aliphatic heterocycles. The van der Waals surface area contributed by atoms with Crippen LogP contribution >= 0.6 is 21.6 Å². The first-order valence-electron chi connectivity index (χ1n) is 20.0. The van der Waals surface area contributed by atoms with Gasteiger partial charge in [0.1, 0.15) is 13.2 Å². The zero-order chi connectivity index (χ0) is 40.6. The molecule has 17 heteroatoms. The normalized spacial score (nSPS) is 18.1. The van der Waals surface area contributed by atoms with Crippen LogP contribution in [0.25, 0.3) is 16.6 Å². The largest absolute Gasteiger partial charge is 0.509 e. The van der Waals surface area contributed by atoms with Gasteiger partial charge in [0.25, 0.3) is 5.56 Å². The van der Waals surface area contributed by atoms with Crippen molar-refractivity contribution < 1.29 is 52.3 Å². The lowest BCUT2D eigenvalue weighted by Crippen LogP contribution is -2.47. The summed E-state index contributed by atoms with van der Waals surface area (Å²) in [6, 6.07) is 11.4. The molecule has 2 unspecified atom stereocenters. The number of hydrogen-bond donors (Lipinski definition) is 1. The van der Waals surface area contributed by atoms with E-state index in [0.717, 1.165) is 34.7 Å². The summed E-state index contributed by atoms with van der Waals surface area (Å²) in [6.07, 6.45) is 4.44. The third-order valence-corrected chi connectivity index (χ3v) is 13.0. The quantitative estimate of drug-likeness (QED) is 0.0536. The predicted octanol–water partition coefficient (Wildman–Crippen LogP) is 5.02. The van der Waals surface area contributed by atoms with E-state index in [1.165, 1.54) is 18.6 Å². The first kappa shape index (κ1) is 43.9. The molecule has 3 aliphatic rings. The molecule has 0 radical (unpaired) electrons. The minimum absolute atomic E-state index is 0.0356. The van der Waals surface area contributed by atoms with Gasteiger partial charge in [0.05, 0.1) is 88.5 Å². The Labute approximate surface area is 345 Å². The van der Waals surface area contributed by atoms with E-state index in [1.54, 1.807) is 17.6 Å². The number of benzene rings is 1. The molecule has 1 aromatic carbocycles. The summed E-state index contributed by atoms with van der Waals surface area (Å²) in [5, 5.41) is 4.57. The molecule has 2 aromatic heterocycles. The first-order valence-corrected chi connectivity index (χ1v) is 22.4. The summed E-state index contributed by atoms with van der Waals surface area (Å²) in [4.78, 5) is 56.6. The molecule has 0 aliphatic carbocycles. The number of cyclic esters (lactones) is 1. The Morgan fingerprint density at radius 3 is 2.29 bits per heavy atom. The number of nitrogens with zero attached hydrogens (tertiary/aromatic N) is 2. The van der Waals surface area contributed by atoms with Crippen LogP contribution in [-0.2, 0) is 66.1 Å². The number of esters is 1. The molecule has 316 valence electrons. The van der Waals surface area contributed by atoms with Gasteiger partial charge in [-0.2, -0.15) is 0 Å². The minimum atomic E-state index is -1.84. The van der Waals surface area contributed by atoms with Gasteiger partial charge in [-0.15, -0.1) is 0 Å². The molecular formula is C41H53N3O12S2. The number of nitrogens with one attached hydrogen (secondary N) is 1. The predicted molar refractivity (Wildman–Crippen MR) is 218 cm³/mol. The van der Waals surface area contributed by atoms with Gasteiger partial charge in [0.15, 0.2) is 0 Å². The molecule has 58 heavy (non-hydrogen) atoms. The van der Waals surface area contributed by atoms with Gasteiger partial charge in [-0.1, -0.05) is 53.1 Å². The van der Waals surface area contributed by atoms with Crippen LogP contribution in [0.1, 0.15) is 68.0 Å². The highest BCUT2D eigenvalue weighted by Gasteiger charge is 2.51. The standard InChI is InChI=1S/C41H53N3O12S2/c1-2-41(33-26-30-27-35-36(25-29-7-3-5-9-34(29)43-35)44(30)38(46)32(33)28-55-39(41)47)56-40(48)54-23-22-53-21-20-52-19-18-51-17-16-50-15-14-49-13-12-42-37(45)10-6-4-8-31-11-24-57-58-31/h3,5,7,9,25-26,31H,2,4,6,8,10-24,27-28H2,1H3,(H,42,45). The first-order chi connectivity index (χ1) is 28.4. The fraction of sp³-hybridized carbons (Fsp3) is 0.585. The fourth-order valence-corrected chi connectivity index (χ4v) is 10.0. The van der Waals surface area contributed by atoms with E-state index in [1.807, 2.05) is 51.9 Å². The zero-order valence-corrected chi connectivity index (χ0v) is 34.6. The summed E-state index contributed by atoms with van der Waals surface area (Å²) in [7, 11) is 3.94. The van der Waals surface area contributed by atoms with Crippen molar-refractivity contribution in [3.05, 3.63) is 69.3 Å². The maximum Gasteiger partial charge on any atom is 0.509 e. The third-order valence-electron chi connectivity index (χ3n) is 10.0. The second kappa shape index (κ2) is 22.6. The molecule has 1 amide bonds. The van der Waals surface area contributed by atoms with E-state index in [-0.39, 0.29) is 49.9 Å². The van der Waals surface area contributed by atoms with E-state index < -0.39 is 17.7 Å². The van der Waals surface area contributed by atoms with Crippen LogP contribution in [0.5, 0.6) is 0 Å². The molecule has 5 heterocycles. The van der Waals surface area contributed by atoms with Gasteiger partial charge >= 0.3 is 12.1 Å². The average Bonchev–Trinajstić information content (AvgIpc) is 3.88. The number of fused-ring (bicyclic) bond motifs is 5. The third kappa shape index (κ3) is 11.7. The van der Waals surface area contributed by atoms with E-state index in [0.29, 0.717) is 89.2 Å². The van der Waals surface area contributed by atoms with Crippen LogP contribution in [0, 0.1) is 0 Å². The number of ether oxygens (including phenoxy) is 8. The van der Waals surface area contributed by atoms with Gasteiger partial charge in [-0.3, -0.25) is 19.1 Å². The molecule has 1 N–H and O–H groups in total. The Bertz CT molecular complexity index is 1910. The summed E-state index contributed by atoms with van der Waals surface area (Å²) in [5.41, 5.74) is 1.25. The highest BCUT2D eigenvalue weighted by molar-refractivity contribution is 8.77. The fourth-order valence-electron chi connectivity index (χ4n) is 7.01. The number of rotatable bonds is 25. The summed E-state index contributed by atoms with van der Waals surface area (Å²) in [6.45, 7) is 5.47. The Morgan fingerprint density at radius 1 is 0.914 bits per heavy atom. The molecule has 1 saturated heterocycles. The molecule has 15 nitrogen and oxygen atoms in total. The van der Waals surface area contributed by atoms with Gasteiger partial charge in [0, 0.05) is 47.0 Å². The number of hydrogen-bond acceptors (Lipinski definition) is 15. The molecule has 3 aromatic rings. The summed E-state index contributed by atoms with van der Waals surface area (Å²) in [5.74, 6) is 0.569. The Hall–Kier alpha value is -3.71. The lowest BCUT2D eigenvalue weighted by atomic mass is 9.85. The van der Waals surface area contributed by atoms with Crippen molar-refractivity contribution in [1.82, 2.24) is 14.9 Å². The number of carbonyl (C=O) groups excluding carboxylic acids is 3. The van der Waals surface area contributed by atoms with Crippen molar-refractivity contribution in [1.29, 1.82) is 0 Å². The maximum absolute atomic E-state index is 13.8. The second-order valence-electron chi connectivity index (χ2n) is 13.9. The van der Waals surface area contributed by atoms with E-state index in [4.69, 9.17) is 42.9 Å². The van der Waals surface area contributed by atoms with Crippen LogP contribution in [0.4, 0.5) is 4.79 Å². The van der Waals surface area contributed by atoms with Crippen molar-refractivity contribution in [3.63, 3.8) is 0 Å². The number of para-hydroxylation sites is 1. The van der Waals surface area contributed by atoms with Crippen LogP contribution in [0.2, 0.25) is 0 Å². The topological polar surface area (TPSA) is 172 Å². The van der Waals surface area contributed by atoms with Crippen LogP contribution in [0.15, 0.2) is 41.2 Å². The Morgan fingerprint density at radius 2 is 1.60 bits per heavy atom. The van der Waals surface area contributed by atoms with Crippen LogP contribution in [0.3, 0.4) is 0 Å². The molecule has 0 saturated carbocycles. The van der Waals surface area contributed by atoms with Gasteiger partial charge in [0.2, 0.25) is 11.5 Å². The lowest BCUT2D eigenvalue weighted by Gasteiger charge is -2.35. The van der Waals surface area contributed by atoms with Crippen molar-refractivity contribution >= 4 is 50.5 Å². The monoisotopic (exact) mass is 843 g/mol.